The van der Waals surface area contributed by atoms with Gasteiger partial charge in [-0.25, -0.2) is 4.98 Å². The van der Waals surface area contributed by atoms with Crippen LogP contribution in [0.2, 0.25) is 0 Å². The van der Waals surface area contributed by atoms with Crippen molar-refractivity contribution >= 4 is 11.0 Å². The normalized spacial score (nSPS) is 13.1. The summed E-state index contributed by atoms with van der Waals surface area (Å²) in [4.78, 5) is 7.61. The molecular formula is C12H17N3O. The molecule has 0 aliphatic carbocycles. The van der Waals surface area contributed by atoms with Crippen LogP contribution in [0.1, 0.15) is 26.1 Å². The van der Waals surface area contributed by atoms with Crippen LogP contribution in [0, 0.1) is 0 Å². The molecule has 0 radical (unpaired) electrons. The maximum Gasteiger partial charge on any atom is 0.121 e. The van der Waals surface area contributed by atoms with E-state index in [2.05, 4.69) is 29.1 Å². The van der Waals surface area contributed by atoms with Gasteiger partial charge in [-0.05, 0) is 25.5 Å². The molecule has 0 amide bonds. The Morgan fingerprint density at radius 3 is 3.06 bits per heavy atom. The third kappa shape index (κ3) is 2.33. The molecule has 2 aromatic rings. The number of nitrogens with zero attached hydrogens (tertiary/aromatic N) is 1. The Balaban J connectivity index is 2.13. The van der Waals surface area contributed by atoms with E-state index in [9.17, 15) is 5.11 Å². The summed E-state index contributed by atoms with van der Waals surface area (Å²) in [6, 6.07) is 5.64. The van der Waals surface area contributed by atoms with Crippen molar-refractivity contribution < 1.29 is 5.11 Å². The van der Waals surface area contributed by atoms with Crippen molar-refractivity contribution in [1.29, 1.82) is 0 Å². The van der Waals surface area contributed by atoms with E-state index in [1.54, 1.807) is 12.1 Å². The second-order valence-corrected chi connectivity index (χ2v) is 4.08. The van der Waals surface area contributed by atoms with Crippen molar-refractivity contribution in [3.63, 3.8) is 0 Å². The molecular weight excluding hydrogens is 202 g/mol. The van der Waals surface area contributed by atoms with E-state index in [4.69, 9.17) is 0 Å². The zero-order chi connectivity index (χ0) is 11.5. The lowest BCUT2D eigenvalue weighted by molar-refractivity contribution is 0.476. The molecule has 0 fully saturated rings. The van der Waals surface area contributed by atoms with Gasteiger partial charge in [0.2, 0.25) is 0 Å². The second kappa shape index (κ2) is 4.53. The molecule has 86 valence electrons. The summed E-state index contributed by atoms with van der Waals surface area (Å²) in [5, 5.41) is 12.7. The van der Waals surface area contributed by atoms with Crippen molar-refractivity contribution in [2.75, 3.05) is 0 Å². The Bertz CT molecular complexity index is 478. The van der Waals surface area contributed by atoms with Gasteiger partial charge in [0.15, 0.2) is 0 Å². The summed E-state index contributed by atoms with van der Waals surface area (Å²) in [6.07, 6.45) is 1.10. The van der Waals surface area contributed by atoms with Crippen molar-refractivity contribution in [3.8, 4) is 5.75 Å². The smallest absolute Gasteiger partial charge is 0.121 e. The average Bonchev–Trinajstić information content (AvgIpc) is 2.67. The minimum atomic E-state index is 0.262. The SMILES string of the molecule is CCC(C)NCc1nc2ccc(O)cc2[nH]1. The number of fused-ring (bicyclic) bond motifs is 1. The molecule has 4 heteroatoms. The fourth-order valence-corrected chi connectivity index (χ4v) is 1.55. The van der Waals surface area contributed by atoms with E-state index in [1.165, 1.54) is 0 Å². The highest BCUT2D eigenvalue weighted by atomic mass is 16.3. The lowest BCUT2D eigenvalue weighted by atomic mass is 10.2. The van der Waals surface area contributed by atoms with Gasteiger partial charge in [0.05, 0.1) is 17.6 Å². The molecule has 1 heterocycles. The molecule has 0 saturated carbocycles. The zero-order valence-electron chi connectivity index (χ0n) is 9.62. The molecule has 2 rings (SSSR count). The lowest BCUT2D eigenvalue weighted by Crippen LogP contribution is -2.24. The second-order valence-electron chi connectivity index (χ2n) is 4.08. The number of rotatable bonds is 4. The van der Waals surface area contributed by atoms with E-state index in [0.717, 1.165) is 29.8 Å². The van der Waals surface area contributed by atoms with Crippen molar-refractivity contribution in [2.24, 2.45) is 0 Å². The van der Waals surface area contributed by atoms with Gasteiger partial charge in [0, 0.05) is 12.1 Å². The number of phenols is 1. The van der Waals surface area contributed by atoms with Crippen LogP contribution in [0.3, 0.4) is 0 Å². The number of aromatic amines is 1. The van der Waals surface area contributed by atoms with E-state index >= 15 is 0 Å². The zero-order valence-corrected chi connectivity index (χ0v) is 9.62. The molecule has 0 aliphatic heterocycles. The summed E-state index contributed by atoms with van der Waals surface area (Å²) < 4.78 is 0. The van der Waals surface area contributed by atoms with Gasteiger partial charge < -0.3 is 15.4 Å². The Morgan fingerprint density at radius 2 is 2.31 bits per heavy atom. The topological polar surface area (TPSA) is 60.9 Å². The molecule has 16 heavy (non-hydrogen) atoms. The van der Waals surface area contributed by atoms with Gasteiger partial charge in [0.25, 0.3) is 0 Å². The predicted octanol–water partition coefficient (Wildman–Crippen LogP) is 2.16. The maximum atomic E-state index is 9.33. The highest BCUT2D eigenvalue weighted by molar-refractivity contribution is 5.76. The first kappa shape index (κ1) is 11.0. The molecule has 1 unspecified atom stereocenters. The largest absolute Gasteiger partial charge is 0.508 e. The summed E-state index contributed by atoms with van der Waals surface area (Å²) in [5.74, 6) is 1.17. The molecule has 3 N–H and O–H groups in total. The molecule has 0 aliphatic rings. The summed E-state index contributed by atoms with van der Waals surface area (Å²) >= 11 is 0. The first-order chi connectivity index (χ1) is 7.69. The number of benzene rings is 1. The van der Waals surface area contributed by atoms with E-state index in [0.29, 0.717) is 6.04 Å². The van der Waals surface area contributed by atoms with Gasteiger partial charge in [-0.3, -0.25) is 0 Å². The van der Waals surface area contributed by atoms with Crippen LogP contribution in [0.4, 0.5) is 0 Å². The quantitative estimate of drug-likeness (QED) is 0.738. The van der Waals surface area contributed by atoms with E-state index in [1.807, 2.05) is 6.07 Å². The number of hydrogen-bond acceptors (Lipinski definition) is 3. The van der Waals surface area contributed by atoms with Gasteiger partial charge in [0.1, 0.15) is 11.6 Å². The number of H-pyrrole nitrogens is 1. The minimum Gasteiger partial charge on any atom is -0.508 e. The Morgan fingerprint density at radius 1 is 1.50 bits per heavy atom. The van der Waals surface area contributed by atoms with Gasteiger partial charge in [-0.2, -0.15) is 0 Å². The minimum absolute atomic E-state index is 0.262. The third-order valence-corrected chi connectivity index (χ3v) is 2.74. The maximum absolute atomic E-state index is 9.33. The highest BCUT2D eigenvalue weighted by Gasteiger charge is 2.04. The average molecular weight is 219 g/mol. The molecule has 1 aromatic carbocycles. The third-order valence-electron chi connectivity index (χ3n) is 2.74. The van der Waals surface area contributed by atoms with Gasteiger partial charge in [-0.1, -0.05) is 6.92 Å². The highest BCUT2D eigenvalue weighted by Crippen LogP contribution is 2.17. The molecule has 1 aromatic heterocycles. The fraction of sp³-hybridized carbons (Fsp3) is 0.417. The molecule has 0 saturated heterocycles. The van der Waals surface area contributed by atoms with Crippen LogP contribution in [-0.4, -0.2) is 21.1 Å². The Labute approximate surface area is 94.7 Å². The number of aromatic hydroxyl groups is 1. The Kier molecular flexibility index (Phi) is 3.10. The predicted molar refractivity (Wildman–Crippen MR) is 64.4 cm³/mol. The van der Waals surface area contributed by atoms with Gasteiger partial charge >= 0.3 is 0 Å². The van der Waals surface area contributed by atoms with Crippen LogP contribution in [0.15, 0.2) is 18.2 Å². The first-order valence-electron chi connectivity index (χ1n) is 5.60. The number of phenolic OH excluding ortho intramolecular Hbond substituents is 1. The molecule has 0 spiro atoms. The number of aromatic nitrogens is 2. The summed E-state index contributed by atoms with van der Waals surface area (Å²) in [5.41, 5.74) is 1.76. The van der Waals surface area contributed by atoms with Crippen LogP contribution in [0.25, 0.3) is 11.0 Å². The van der Waals surface area contributed by atoms with Crippen molar-refractivity contribution in [1.82, 2.24) is 15.3 Å². The molecule has 4 nitrogen and oxygen atoms in total. The number of nitrogens with one attached hydrogen (secondary N) is 2. The number of imidazole rings is 1. The number of hydrogen-bond donors (Lipinski definition) is 3. The van der Waals surface area contributed by atoms with E-state index in [-0.39, 0.29) is 5.75 Å². The van der Waals surface area contributed by atoms with Crippen molar-refractivity contribution in [2.45, 2.75) is 32.9 Å². The van der Waals surface area contributed by atoms with Crippen LogP contribution in [-0.2, 0) is 6.54 Å². The Hall–Kier alpha value is -1.55. The molecule has 0 bridgehead atoms. The van der Waals surface area contributed by atoms with Crippen LogP contribution in [0.5, 0.6) is 5.75 Å². The van der Waals surface area contributed by atoms with Gasteiger partial charge in [-0.15, -0.1) is 0 Å². The summed E-state index contributed by atoms with van der Waals surface area (Å²) in [7, 11) is 0. The standard InChI is InChI=1S/C12H17N3O/c1-3-8(2)13-7-12-14-10-5-4-9(16)6-11(10)15-12/h4-6,8,13,16H,3,7H2,1-2H3,(H,14,15). The van der Waals surface area contributed by atoms with E-state index < -0.39 is 0 Å². The first-order valence-corrected chi connectivity index (χ1v) is 5.60. The molecule has 1 atom stereocenters. The summed E-state index contributed by atoms with van der Waals surface area (Å²) in [6.45, 7) is 5.02. The lowest BCUT2D eigenvalue weighted by Gasteiger charge is -2.08. The van der Waals surface area contributed by atoms with Crippen LogP contribution < -0.4 is 5.32 Å². The van der Waals surface area contributed by atoms with Crippen LogP contribution >= 0.6 is 0 Å². The van der Waals surface area contributed by atoms with Crippen molar-refractivity contribution in [3.05, 3.63) is 24.0 Å². The fourth-order valence-electron chi connectivity index (χ4n) is 1.55. The monoisotopic (exact) mass is 219 g/mol.